The molecule has 1 saturated carbocycles. The zero-order valence-electron chi connectivity index (χ0n) is 12.5. The Labute approximate surface area is 128 Å². The molecule has 0 atom stereocenters. The molecule has 1 aliphatic rings. The second-order valence-corrected chi connectivity index (χ2v) is 6.92. The number of carboxylic acids is 1. The number of carboxylic acid groups (broad SMARTS) is 1. The number of nitrogens with one attached hydrogen (secondary N) is 1. The summed E-state index contributed by atoms with van der Waals surface area (Å²) in [6.07, 6.45) is 2.56. The number of amides is 1. The van der Waals surface area contributed by atoms with Crippen molar-refractivity contribution in [2.75, 3.05) is 0 Å². The van der Waals surface area contributed by atoms with Crippen molar-refractivity contribution < 1.29 is 14.7 Å². The molecule has 0 spiro atoms. The van der Waals surface area contributed by atoms with Crippen LogP contribution in [0.2, 0.25) is 0 Å². The van der Waals surface area contributed by atoms with Gasteiger partial charge in [-0.15, -0.1) is 5.10 Å². The highest BCUT2D eigenvalue weighted by Gasteiger charge is 2.43. The first-order chi connectivity index (χ1) is 9.85. The highest BCUT2D eigenvalue weighted by molar-refractivity contribution is 7.08. The Morgan fingerprint density at radius 1 is 1.38 bits per heavy atom. The lowest BCUT2D eigenvalue weighted by atomic mass is 9.77. The van der Waals surface area contributed by atoms with Crippen LogP contribution in [0.1, 0.15) is 67.7 Å². The second-order valence-electron chi connectivity index (χ2n) is 6.17. The number of rotatable bonds is 4. The smallest absolute Gasteiger partial charge is 0.329 e. The molecule has 2 rings (SSSR count). The zero-order valence-corrected chi connectivity index (χ0v) is 13.4. The lowest BCUT2D eigenvalue weighted by Gasteiger charge is -2.36. The number of carbonyl (C=O) groups excluding carboxylic acids is 1. The van der Waals surface area contributed by atoms with Gasteiger partial charge in [-0.3, -0.25) is 4.79 Å². The van der Waals surface area contributed by atoms with Gasteiger partial charge < -0.3 is 10.4 Å². The first-order valence-corrected chi connectivity index (χ1v) is 8.01. The van der Waals surface area contributed by atoms with Gasteiger partial charge in [-0.05, 0) is 49.1 Å². The predicted molar refractivity (Wildman–Crippen MR) is 79.5 cm³/mol. The fraction of sp³-hybridized carbons (Fsp3) is 0.714. The minimum Gasteiger partial charge on any atom is -0.480 e. The van der Waals surface area contributed by atoms with Crippen molar-refractivity contribution in [3.8, 4) is 0 Å². The molecule has 1 aromatic heterocycles. The van der Waals surface area contributed by atoms with E-state index in [-0.39, 0.29) is 11.8 Å². The average Bonchev–Trinajstić information content (AvgIpc) is 2.91. The fourth-order valence-electron chi connectivity index (χ4n) is 2.65. The third-order valence-corrected chi connectivity index (χ3v) is 4.90. The van der Waals surface area contributed by atoms with Gasteiger partial charge >= 0.3 is 5.97 Å². The van der Waals surface area contributed by atoms with Crippen molar-refractivity contribution in [1.29, 1.82) is 0 Å². The minimum atomic E-state index is -1.15. The molecule has 1 fully saturated rings. The molecule has 21 heavy (non-hydrogen) atoms. The first kappa shape index (κ1) is 15.9. The van der Waals surface area contributed by atoms with Gasteiger partial charge in [-0.25, -0.2) is 4.79 Å². The summed E-state index contributed by atoms with van der Waals surface area (Å²) < 4.78 is 3.82. The Kier molecular flexibility index (Phi) is 4.61. The molecule has 0 bridgehead atoms. The standard InChI is InChI=1S/C14H21N3O3S/c1-8(2)10-11(21-17-16-10)12(18)15-14(13(19)20)6-4-9(3)5-7-14/h8-9H,4-7H2,1-3H3,(H,15,18)(H,19,20). The first-order valence-electron chi connectivity index (χ1n) is 7.24. The average molecular weight is 311 g/mol. The van der Waals surface area contributed by atoms with Crippen LogP contribution in [0.3, 0.4) is 0 Å². The topological polar surface area (TPSA) is 92.2 Å². The van der Waals surface area contributed by atoms with Crippen LogP contribution in [0.4, 0.5) is 0 Å². The van der Waals surface area contributed by atoms with Crippen molar-refractivity contribution >= 4 is 23.4 Å². The van der Waals surface area contributed by atoms with Crippen LogP contribution in [0, 0.1) is 5.92 Å². The number of carbonyl (C=O) groups is 2. The number of aromatic nitrogens is 2. The largest absolute Gasteiger partial charge is 0.480 e. The third kappa shape index (κ3) is 3.23. The molecule has 2 N–H and O–H groups in total. The van der Waals surface area contributed by atoms with Crippen LogP contribution in [0.25, 0.3) is 0 Å². The van der Waals surface area contributed by atoms with Crippen molar-refractivity contribution in [3.63, 3.8) is 0 Å². The number of hydrogen-bond acceptors (Lipinski definition) is 5. The third-order valence-electron chi connectivity index (χ3n) is 4.16. The quantitative estimate of drug-likeness (QED) is 0.891. The molecule has 1 heterocycles. The van der Waals surface area contributed by atoms with E-state index in [0.717, 1.165) is 24.4 Å². The van der Waals surface area contributed by atoms with Crippen LogP contribution < -0.4 is 5.32 Å². The van der Waals surface area contributed by atoms with Crippen LogP contribution in [0.15, 0.2) is 0 Å². The Morgan fingerprint density at radius 3 is 2.52 bits per heavy atom. The van der Waals surface area contributed by atoms with Crippen molar-refractivity contribution in [2.24, 2.45) is 5.92 Å². The molecule has 1 aliphatic carbocycles. The molecule has 1 aromatic rings. The summed E-state index contributed by atoms with van der Waals surface area (Å²) in [4.78, 5) is 24.5. The summed E-state index contributed by atoms with van der Waals surface area (Å²) in [6.45, 7) is 5.98. The van der Waals surface area contributed by atoms with E-state index >= 15 is 0 Å². The lowest BCUT2D eigenvalue weighted by Crippen LogP contribution is -2.56. The van der Waals surface area contributed by atoms with Gasteiger partial charge in [0, 0.05) is 0 Å². The van der Waals surface area contributed by atoms with E-state index in [1.54, 1.807) is 0 Å². The highest BCUT2D eigenvalue weighted by Crippen LogP contribution is 2.33. The van der Waals surface area contributed by atoms with Gasteiger partial charge in [-0.2, -0.15) is 0 Å². The van der Waals surface area contributed by atoms with Gasteiger partial charge in [0.05, 0.1) is 5.69 Å². The van der Waals surface area contributed by atoms with Gasteiger partial charge in [0.1, 0.15) is 10.4 Å². The van der Waals surface area contributed by atoms with E-state index in [1.807, 2.05) is 13.8 Å². The van der Waals surface area contributed by atoms with E-state index in [0.29, 0.717) is 29.3 Å². The van der Waals surface area contributed by atoms with E-state index < -0.39 is 11.5 Å². The summed E-state index contributed by atoms with van der Waals surface area (Å²) in [6, 6.07) is 0. The highest BCUT2D eigenvalue weighted by atomic mass is 32.1. The fourth-order valence-corrected chi connectivity index (χ4v) is 3.37. The molecule has 0 radical (unpaired) electrons. The molecule has 0 unspecified atom stereocenters. The van der Waals surface area contributed by atoms with E-state index in [1.165, 1.54) is 0 Å². The van der Waals surface area contributed by atoms with Crippen molar-refractivity contribution in [3.05, 3.63) is 10.6 Å². The molecule has 0 saturated heterocycles. The predicted octanol–water partition coefficient (Wildman–Crippen LogP) is 2.42. The number of hydrogen-bond donors (Lipinski definition) is 2. The lowest BCUT2D eigenvalue weighted by molar-refractivity contribution is -0.146. The Morgan fingerprint density at radius 2 is 2.00 bits per heavy atom. The normalized spacial score (nSPS) is 25.8. The van der Waals surface area contributed by atoms with E-state index in [9.17, 15) is 14.7 Å². The van der Waals surface area contributed by atoms with Crippen LogP contribution in [0.5, 0.6) is 0 Å². The minimum absolute atomic E-state index is 0.0802. The van der Waals surface area contributed by atoms with E-state index in [4.69, 9.17) is 0 Å². The molecule has 6 nitrogen and oxygen atoms in total. The van der Waals surface area contributed by atoms with Gasteiger partial charge in [-0.1, -0.05) is 25.3 Å². The molecule has 0 aromatic carbocycles. The SMILES string of the molecule is CC1CCC(NC(=O)c2snnc2C(C)C)(C(=O)O)CC1. The molecule has 0 aliphatic heterocycles. The van der Waals surface area contributed by atoms with E-state index in [2.05, 4.69) is 21.8 Å². The van der Waals surface area contributed by atoms with Crippen molar-refractivity contribution in [2.45, 2.75) is 57.9 Å². The summed E-state index contributed by atoms with van der Waals surface area (Å²) in [7, 11) is 0. The van der Waals surface area contributed by atoms with Gasteiger partial charge in [0.2, 0.25) is 0 Å². The number of nitrogens with zero attached hydrogens (tertiary/aromatic N) is 2. The monoisotopic (exact) mass is 311 g/mol. The van der Waals surface area contributed by atoms with Crippen LogP contribution >= 0.6 is 11.5 Å². The molecular weight excluding hydrogens is 290 g/mol. The number of aliphatic carboxylic acids is 1. The summed E-state index contributed by atoms with van der Waals surface area (Å²) >= 11 is 1.02. The molecule has 1 amide bonds. The van der Waals surface area contributed by atoms with Gasteiger partial charge in [0.15, 0.2) is 0 Å². The molecule has 116 valence electrons. The summed E-state index contributed by atoms with van der Waals surface area (Å²) in [5.74, 6) is -0.737. The van der Waals surface area contributed by atoms with Crippen LogP contribution in [-0.4, -0.2) is 32.1 Å². The summed E-state index contributed by atoms with van der Waals surface area (Å²) in [5, 5.41) is 16.3. The maximum atomic E-state index is 12.4. The zero-order chi connectivity index (χ0) is 15.6. The Balaban J connectivity index is 2.19. The summed E-state index contributed by atoms with van der Waals surface area (Å²) in [5.41, 5.74) is -0.524. The van der Waals surface area contributed by atoms with Crippen molar-refractivity contribution in [1.82, 2.24) is 14.9 Å². The van der Waals surface area contributed by atoms with Crippen LogP contribution in [-0.2, 0) is 4.79 Å². The molecular formula is C14H21N3O3S. The maximum Gasteiger partial charge on any atom is 0.329 e. The second kappa shape index (κ2) is 6.09. The maximum absolute atomic E-state index is 12.4. The Bertz CT molecular complexity index is 533. The Hall–Kier alpha value is -1.50. The van der Waals surface area contributed by atoms with Gasteiger partial charge in [0.25, 0.3) is 5.91 Å². The molecule has 7 heteroatoms.